The third kappa shape index (κ3) is 8.80. The first-order chi connectivity index (χ1) is 25.1. The summed E-state index contributed by atoms with van der Waals surface area (Å²) in [5.41, 5.74) is 1.42. The fourth-order valence-electron chi connectivity index (χ4n) is 6.76. The van der Waals surface area contributed by atoms with Gasteiger partial charge in [0.15, 0.2) is 0 Å². The lowest BCUT2D eigenvalue weighted by Gasteiger charge is -2.42. The molecule has 1 unspecified atom stereocenters. The predicted molar refractivity (Wildman–Crippen MR) is 204 cm³/mol. The molecule has 5 rings (SSSR count). The van der Waals surface area contributed by atoms with E-state index in [4.69, 9.17) is 18.5 Å². The topological polar surface area (TPSA) is 119 Å². The van der Waals surface area contributed by atoms with Crippen molar-refractivity contribution in [1.29, 1.82) is 5.26 Å². The molecule has 3 aromatic carbocycles. The summed E-state index contributed by atoms with van der Waals surface area (Å²) in [5.74, 6) is 0.484. The van der Waals surface area contributed by atoms with E-state index in [1.165, 1.54) is 0 Å². The zero-order chi connectivity index (χ0) is 37.3. The molecular formula is C41H49N4O6P. The largest absolute Gasteiger partial charge is 0.497 e. The maximum Gasteiger partial charge on any atom is 0.328 e. The van der Waals surface area contributed by atoms with Gasteiger partial charge in [0, 0.05) is 29.8 Å². The highest BCUT2D eigenvalue weighted by atomic mass is 31.2. The van der Waals surface area contributed by atoms with Crippen LogP contribution in [-0.2, 0) is 19.4 Å². The number of hydrogen-bond acceptors (Lipinski definition) is 8. The number of methoxy groups -OCH3 is 1. The van der Waals surface area contributed by atoms with Crippen molar-refractivity contribution in [3.05, 3.63) is 146 Å². The molecule has 52 heavy (non-hydrogen) atoms. The van der Waals surface area contributed by atoms with E-state index in [1.807, 2.05) is 66.7 Å². The summed E-state index contributed by atoms with van der Waals surface area (Å²) in [6.07, 6.45) is 5.85. The van der Waals surface area contributed by atoms with Crippen molar-refractivity contribution in [2.24, 2.45) is 5.92 Å². The minimum atomic E-state index is -1.61. The molecule has 0 aliphatic heterocycles. The van der Waals surface area contributed by atoms with Crippen molar-refractivity contribution < 1.29 is 18.5 Å². The van der Waals surface area contributed by atoms with Gasteiger partial charge in [-0.3, -0.25) is 14.3 Å². The van der Waals surface area contributed by atoms with Crippen LogP contribution in [0.15, 0.2) is 113 Å². The molecule has 1 aliphatic carbocycles. The molecule has 1 N–H and O–H groups in total. The molecule has 0 radical (unpaired) electrons. The number of ether oxygens (including phenoxy) is 2. The van der Waals surface area contributed by atoms with Crippen molar-refractivity contribution in [3.8, 4) is 11.8 Å². The first-order valence-corrected chi connectivity index (χ1v) is 18.9. The molecule has 0 spiro atoms. The van der Waals surface area contributed by atoms with E-state index in [-0.39, 0.29) is 43.7 Å². The molecule has 0 saturated carbocycles. The summed E-state index contributed by atoms with van der Waals surface area (Å²) in [6.45, 7) is 10.6. The second-order valence-electron chi connectivity index (χ2n) is 13.5. The molecule has 0 bridgehead atoms. The molecule has 1 aromatic heterocycles. The molecule has 4 aromatic rings. The van der Waals surface area contributed by atoms with Gasteiger partial charge >= 0.3 is 5.69 Å². The summed E-state index contributed by atoms with van der Waals surface area (Å²) in [4.78, 5) is 27.8. The van der Waals surface area contributed by atoms with Crippen LogP contribution in [0.25, 0.3) is 0 Å². The molecule has 11 heteroatoms. The maximum atomic E-state index is 13.1. The number of aromatic nitrogens is 2. The number of nitriles is 1. The number of nitrogens with zero attached hydrogens (tertiary/aromatic N) is 3. The highest BCUT2D eigenvalue weighted by molar-refractivity contribution is 7.44. The summed E-state index contributed by atoms with van der Waals surface area (Å²) >= 11 is 0. The standard InChI is InChI=1S/C41H49N4O6P/c1-29(2)45(30(3)4)52(50-25-13-24-42)51-38-26-36(44-27-31(5)39(46)43-40(44)47)21-18-32(38)28-49-41(33-14-9-7-10-15-33,34-16-11-8-12-17-34)35-19-22-37(48-6)23-20-35/h7-12,14-23,27,29-30,32,36,38H,13,25-26,28H2,1-6H3,(H,43,46,47)/t32-,36-,38+,52?/m1/s1. The number of hydrogen-bond donors (Lipinski definition) is 1. The normalized spacial score (nSPS) is 18.1. The number of H-pyrrole nitrogens is 1. The van der Waals surface area contributed by atoms with Crippen molar-refractivity contribution in [1.82, 2.24) is 14.2 Å². The van der Waals surface area contributed by atoms with Crippen molar-refractivity contribution in [3.63, 3.8) is 0 Å². The van der Waals surface area contributed by atoms with Gasteiger partial charge in [-0.2, -0.15) is 5.26 Å². The smallest absolute Gasteiger partial charge is 0.328 e. The van der Waals surface area contributed by atoms with Gasteiger partial charge < -0.3 is 18.5 Å². The Morgan fingerprint density at radius 1 is 0.923 bits per heavy atom. The van der Waals surface area contributed by atoms with Gasteiger partial charge in [-0.1, -0.05) is 84.9 Å². The van der Waals surface area contributed by atoms with Gasteiger partial charge in [-0.25, -0.2) is 9.46 Å². The van der Waals surface area contributed by atoms with Crippen LogP contribution in [0.5, 0.6) is 5.75 Å². The van der Waals surface area contributed by atoms with E-state index < -0.39 is 31.5 Å². The van der Waals surface area contributed by atoms with Gasteiger partial charge in [0.05, 0.1) is 45.0 Å². The van der Waals surface area contributed by atoms with Crippen molar-refractivity contribution in [2.75, 3.05) is 20.3 Å². The molecule has 0 fully saturated rings. The van der Waals surface area contributed by atoms with Gasteiger partial charge in [0.1, 0.15) is 11.4 Å². The van der Waals surface area contributed by atoms with Crippen LogP contribution < -0.4 is 16.0 Å². The van der Waals surface area contributed by atoms with Crippen LogP contribution in [0.1, 0.15) is 68.8 Å². The van der Waals surface area contributed by atoms with E-state index in [9.17, 15) is 14.9 Å². The summed E-state index contributed by atoms with van der Waals surface area (Å²) in [5, 5.41) is 9.32. The second-order valence-corrected chi connectivity index (χ2v) is 14.9. The van der Waals surface area contributed by atoms with Crippen LogP contribution in [-0.4, -0.2) is 52.7 Å². The Bertz CT molecular complexity index is 1870. The Kier molecular flexibility index (Phi) is 13.4. The van der Waals surface area contributed by atoms with Gasteiger partial charge in [-0.15, -0.1) is 0 Å². The van der Waals surface area contributed by atoms with Crippen LogP contribution in [0, 0.1) is 24.2 Å². The molecule has 4 atom stereocenters. The van der Waals surface area contributed by atoms with Crippen LogP contribution in [0.4, 0.5) is 0 Å². The molecule has 0 saturated heterocycles. The molecule has 10 nitrogen and oxygen atoms in total. The lowest BCUT2D eigenvalue weighted by Crippen LogP contribution is -2.41. The highest BCUT2D eigenvalue weighted by Gasteiger charge is 2.41. The van der Waals surface area contributed by atoms with E-state index >= 15 is 0 Å². The highest BCUT2D eigenvalue weighted by Crippen LogP contribution is 2.50. The average Bonchev–Trinajstić information content (AvgIpc) is 3.14. The number of benzene rings is 3. The lowest BCUT2D eigenvalue weighted by molar-refractivity contribution is -0.0283. The van der Waals surface area contributed by atoms with Gasteiger partial charge in [-0.05, 0) is 69.9 Å². The minimum absolute atomic E-state index is 0.0983. The van der Waals surface area contributed by atoms with Crippen molar-refractivity contribution >= 4 is 8.53 Å². The third-order valence-electron chi connectivity index (χ3n) is 9.27. The fourth-order valence-corrected chi connectivity index (χ4v) is 8.54. The average molecular weight is 725 g/mol. The molecule has 1 aliphatic rings. The van der Waals surface area contributed by atoms with Crippen LogP contribution in [0.2, 0.25) is 0 Å². The first kappa shape index (κ1) is 38.9. The zero-order valence-electron chi connectivity index (χ0n) is 30.8. The predicted octanol–water partition coefficient (Wildman–Crippen LogP) is 7.64. The summed E-state index contributed by atoms with van der Waals surface area (Å²) in [6, 6.07) is 30.3. The SMILES string of the molecule is COc1ccc(C(OC[C@H]2C=C[C@@H](n3cc(C)c(=O)[nH]c3=O)C[C@@H]2OP(OCCC#N)N(C(C)C)C(C)C)(c2ccccc2)c2ccccc2)cc1. The molecular weight excluding hydrogens is 675 g/mol. The Hall–Kier alpha value is -4.36. The molecule has 1 heterocycles. The van der Waals surface area contributed by atoms with E-state index in [0.717, 1.165) is 22.4 Å². The lowest BCUT2D eigenvalue weighted by atomic mass is 9.79. The van der Waals surface area contributed by atoms with Crippen LogP contribution >= 0.6 is 8.53 Å². The number of aromatic amines is 1. The summed E-state index contributed by atoms with van der Waals surface area (Å²) in [7, 11) is 0.0365. The zero-order valence-corrected chi connectivity index (χ0v) is 31.7. The van der Waals surface area contributed by atoms with Crippen LogP contribution in [0.3, 0.4) is 0 Å². The van der Waals surface area contributed by atoms with E-state index in [1.54, 1.807) is 24.8 Å². The Morgan fingerprint density at radius 2 is 1.52 bits per heavy atom. The number of allylic oxidation sites excluding steroid dienone is 1. The monoisotopic (exact) mass is 724 g/mol. The second kappa shape index (κ2) is 17.9. The van der Waals surface area contributed by atoms with Gasteiger partial charge in [0.25, 0.3) is 14.1 Å². The Balaban J connectivity index is 1.60. The molecule has 0 amide bonds. The van der Waals surface area contributed by atoms with E-state index in [0.29, 0.717) is 12.0 Å². The maximum absolute atomic E-state index is 13.1. The number of nitrogens with one attached hydrogen (secondary N) is 1. The quantitative estimate of drug-likeness (QED) is 0.0542. The Morgan fingerprint density at radius 3 is 2.08 bits per heavy atom. The Labute approximate surface area is 307 Å². The number of aryl methyl sites for hydroxylation is 1. The van der Waals surface area contributed by atoms with Crippen molar-refractivity contribution in [2.45, 2.75) is 77.3 Å². The van der Waals surface area contributed by atoms with E-state index in [2.05, 4.69) is 73.8 Å². The van der Waals surface area contributed by atoms with Gasteiger partial charge in [0.2, 0.25) is 0 Å². The molecule has 274 valence electrons. The third-order valence-corrected chi connectivity index (χ3v) is 11.4. The minimum Gasteiger partial charge on any atom is -0.497 e. The first-order valence-electron chi connectivity index (χ1n) is 17.7. The summed E-state index contributed by atoms with van der Waals surface area (Å²) < 4.78 is 29.9. The fraction of sp³-hybridized carbons (Fsp3) is 0.390. The number of rotatable bonds is 16.